The highest BCUT2D eigenvalue weighted by atomic mass is 19.1. The van der Waals surface area contributed by atoms with Gasteiger partial charge in [-0.15, -0.1) is 0 Å². The van der Waals surface area contributed by atoms with Crippen LogP contribution < -0.4 is 5.32 Å². The van der Waals surface area contributed by atoms with Gasteiger partial charge in [-0.2, -0.15) is 0 Å². The molecule has 3 amide bonds. The van der Waals surface area contributed by atoms with Crippen molar-refractivity contribution in [3.63, 3.8) is 0 Å². The summed E-state index contributed by atoms with van der Waals surface area (Å²) in [6, 6.07) is 2.80. The first-order valence-corrected chi connectivity index (χ1v) is 9.47. The maximum atomic E-state index is 13.3. The van der Waals surface area contributed by atoms with E-state index >= 15 is 0 Å². The van der Waals surface area contributed by atoms with Crippen molar-refractivity contribution in [3.05, 3.63) is 42.2 Å². The normalized spacial score (nSPS) is 14.1. The Kier molecular flexibility index (Phi) is 7.79. The van der Waals surface area contributed by atoms with Crippen LogP contribution in [0.15, 0.2) is 30.6 Å². The van der Waals surface area contributed by atoms with E-state index in [1.165, 1.54) is 12.4 Å². The maximum absolute atomic E-state index is 13.3. The summed E-state index contributed by atoms with van der Waals surface area (Å²) in [4.78, 5) is 35.9. The Labute approximate surface area is 175 Å². The van der Waals surface area contributed by atoms with Crippen molar-refractivity contribution >= 4 is 17.8 Å². The van der Waals surface area contributed by atoms with Gasteiger partial charge in [0.05, 0.1) is 18.1 Å². The fourth-order valence-electron chi connectivity index (χ4n) is 3.33. The summed E-state index contributed by atoms with van der Waals surface area (Å²) in [5.41, 5.74) is 0.557. The Morgan fingerprint density at radius 3 is 2.30 bits per heavy atom. The van der Waals surface area contributed by atoms with E-state index in [0.717, 1.165) is 18.2 Å². The largest absolute Gasteiger partial charge is 0.343 e. The first-order chi connectivity index (χ1) is 13.9. The average molecular weight is 419 g/mol. The molecular weight excluding hydrogens is 392 g/mol. The molecule has 1 aliphatic heterocycles. The Bertz CT molecular complexity index is 863. The molecule has 7 nitrogen and oxygen atoms in total. The smallest absolute Gasteiger partial charge is 0.323 e. The number of carbonyl (C=O) groups is 2. The predicted octanol–water partition coefficient (Wildman–Crippen LogP) is 3.92. The van der Waals surface area contributed by atoms with Crippen LogP contribution in [0, 0.1) is 11.6 Å². The molecule has 162 valence electrons. The van der Waals surface area contributed by atoms with Crippen molar-refractivity contribution in [2.45, 2.75) is 39.7 Å². The SMILES string of the molecule is C.CCC(=O)N1CCC(N(C)C(=O)Nc2cnc(-c3cc(F)cc(F)c3)cn2)CC1. The quantitative estimate of drug-likeness (QED) is 0.815. The summed E-state index contributed by atoms with van der Waals surface area (Å²) in [6.07, 6.45) is 4.60. The van der Waals surface area contributed by atoms with Gasteiger partial charge >= 0.3 is 6.03 Å². The van der Waals surface area contributed by atoms with E-state index in [1.807, 2.05) is 11.8 Å². The molecule has 3 rings (SSSR count). The molecule has 0 atom stereocenters. The molecule has 30 heavy (non-hydrogen) atoms. The van der Waals surface area contributed by atoms with Crippen LogP contribution in [0.5, 0.6) is 0 Å². The fourth-order valence-corrected chi connectivity index (χ4v) is 3.33. The van der Waals surface area contributed by atoms with Crippen LogP contribution in [0.1, 0.15) is 33.6 Å². The number of nitrogens with zero attached hydrogens (tertiary/aromatic N) is 4. The highest BCUT2D eigenvalue weighted by Crippen LogP contribution is 2.20. The highest BCUT2D eigenvalue weighted by molar-refractivity contribution is 5.88. The zero-order valence-corrected chi connectivity index (χ0v) is 16.4. The Balaban J connectivity index is 0.00000320. The topological polar surface area (TPSA) is 78.4 Å². The number of carbonyl (C=O) groups excluding carboxylic acids is 2. The van der Waals surface area contributed by atoms with E-state index in [9.17, 15) is 18.4 Å². The molecule has 2 aromatic rings. The number of nitrogens with one attached hydrogen (secondary N) is 1. The number of hydrogen-bond acceptors (Lipinski definition) is 4. The van der Waals surface area contributed by atoms with Gasteiger partial charge in [-0.25, -0.2) is 18.6 Å². The number of hydrogen-bond donors (Lipinski definition) is 1. The number of anilines is 1. The number of rotatable bonds is 4. The lowest BCUT2D eigenvalue weighted by molar-refractivity contribution is -0.132. The second-order valence-corrected chi connectivity index (χ2v) is 6.95. The summed E-state index contributed by atoms with van der Waals surface area (Å²) < 4.78 is 26.7. The molecule has 0 spiro atoms. The van der Waals surface area contributed by atoms with Gasteiger partial charge < -0.3 is 9.80 Å². The number of likely N-dealkylation sites (tertiary alicyclic amines) is 1. The van der Waals surface area contributed by atoms with Gasteiger partial charge in [0.15, 0.2) is 5.82 Å². The first kappa shape index (κ1) is 23.2. The van der Waals surface area contributed by atoms with Crippen molar-refractivity contribution in [3.8, 4) is 11.3 Å². The molecule has 2 heterocycles. The number of aromatic nitrogens is 2. The maximum Gasteiger partial charge on any atom is 0.323 e. The predicted molar refractivity (Wildman–Crippen MR) is 111 cm³/mol. The van der Waals surface area contributed by atoms with Gasteiger partial charge in [-0.1, -0.05) is 14.4 Å². The van der Waals surface area contributed by atoms with Crippen LogP contribution in [0.25, 0.3) is 11.3 Å². The van der Waals surface area contributed by atoms with Crippen molar-refractivity contribution in [2.75, 3.05) is 25.5 Å². The van der Waals surface area contributed by atoms with Crippen LogP contribution in [0.2, 0.25) is 0 Å². The summed E-state index contributed by atoms with van der Waals surface area (Å²) in [5, 5.41) is 2.67. The Hall–Kier alpha value is -3.10. The molecule has 1 aromatic carbocycles. The summed E-state index contributed by atoms with van der Waals surface area (Å²) >= 11 is 0. The second kappa shape index (κ2) is 10.1. The van der Waals surface area contributed by atoms with Gasteiger partial charge in [0.2, 0.25) is 5.91 Å². The molecule has 9 heteroatoms. The Morgan fingerprint density at radius 1 is 1.13 bits per heavy atom. The molecule has 1 N–H and O–H groups in total. The lowest BCUT2D eigenvalue weighted by atomic mass is 10.0. The summed E-state index contributed by atoms with van der Waals surface area (Å²) in [7, 11) is 1.70. The van der Waals surface area contributed by atoms with Crippen LogP contribution in [-0.4, -0.2) is 57.9 Å². The monoisotopic (exact) mass is 419 g/mol. The van der Waals surface area contributed by atoms with Gasteiger partial charge in [0, 0.05) is 44.2 Å². The first-order valence-electron chi connectivity index (χ1n) is 9.47. The minimum Gasteiger partial charge on any atom is -0.343 e. The van der Waals surface area contributed by atoms with E-state index in [4.69, 9.17) is 0 Å². The van der Waals surface area contributed by atoms with Gasteiger partial charge in [0.1, 0.15) is 11.6 Å². The Morgan fingerprint density at radius 2 is 1.77 bits per heavy atom. The number of halogens is 2. The molecule has 0 saturated carbocycles. The lowest BCUT2D eigenvalue weighted by Crippen LogP contribution is -2.48. The van der Waals surface area contributed by atoms with Gasteiger partial charge in [0.25, 0.3) is 0 Å². The highest BCUT2D eigenvalue weighted by Gasteiger charge is 2.27. The van der Waals surface area contributed by atoms with E-state index in [0.29, 0.717) is 38.0 Å². The van der Waals surface area contributed by atoms with Crippen LogP contribution in [0.3, 0.4) is 0 Å². The van der Waals surface area contributed by atoms with E-state index in [-0.39, 0.29) is 36.8 Å². The zero-order valence-electron chi connectivity index (χ0n) is 16.4. The zero-order chi connectivity index (χ0) is 21.0. The fraction of sp³-hybridized carbons (Fsp3) is 0.429. The number of piperidine rings is 1. The van der Waals surface area contributed by atoms with Crippen LogP contribution in [-0.2, 0) is 4.79 Å². The molecule has 1 aliphatic rings. The van der Waals surface area contributed by atoms with Crippen LogP contribution >= 0.6 is 0 Å². The van der Waals surface area contributed by atoms with Crippen molar-refractivity contribution in [2.24, 2.45) is 0 Å². The number of amides is 3. The number of benzene rings is 1. The van der Waals surface area contributed by atoms with Gasteiger partial charge in [-0.05, 0) is 25.0 Å². The molecule has 1 saturated heterocycles. The van der Waals surface area contributed by atoms with Gasteiger partial charge in [-0.3, -0.25) is 15.1 Å². The standard InChI is InChI=1S/C20H23F2N5O2.CH4/c1-3-19(28)27-6-4-16(5-7-27)26(2)20(29)25-18-12-23-17(11-24-18)13-8-14(21)10-15(22)9-13;/h8-12,16H,3-7H2,1-2H3,(H,24,25,29);1H4. The van der Waals surface area contributed by atoms with E-state index < -0.39 is 11.6 Å². The molecule has 1 aromatic heterocycles. The van der Waals surface area contributed by atoms with Crippen molar-refractivity contribution in [1.82, 2.24) is 19.8 Å². The molecule has 0 aliphatic carbocycles. The molecule has 1 fully saturated rings. The number of urea groups is 1. The second-order valence-electron chi connectivity index (χ2n) is 6.95. The molecule has 0 unspecified atom stereocenters. The van der Waals surface area contributed by atoms with Crippen molar-refractivity contribution < 1.29 is 18.4 Å². The molecular formula is C21H27F2N5O2. The average Bonchev–Trinajstić information content (AvgIpc) is 2.72. The minimum absolute atomic E-state index is 0. The van der Waals surface area contributed by atoms with Crippen LogP contribution in [0.4, 0.5) is 19.4 Å². The summed E-state index contributed by atoms with van der Waals surface area (Å²) in [5.74, 6) is -1.04. The lowest BCUT2D eigenvalue weighted by Gasteiger charge is -2.36. The molecule has 0 radical (unpaired) electrons. The molecule has 0 bridgehead atoms. The van der Waals surface area contributed by atoms with E-state index in [1.54, 1.807) is 11.9 Å². The third kappa shape index (κ3) is 5.49. The van der Waals surface area contributed by atoms with E-state index in [2.05, 4.69) is 15.3 Å². The minimum atomic E-state index is -0.701. The third-order valence-corrected chi connectivity index (χ3v) is 5.03. The van der Waals surface area contributed by atoms with Crippen molar-refractivity contribution in [1.29, 1.82) is 0 Å². The summed E-state index contributed by atoms with van der Waals surface area (Å²) in [6.45, 7) is 3.10. The third-order valence-electron chi connectivity index (χ3n) is 5.03.